The zero-order chi connectivity index (χ0) is 13.3. The van der Waals surface area contributed by atoms with Crippen LogP contribution in [0.5, 0.6) is 0 Å². The highest BCUT2D eigenvalue weighted by molar-refractivity contribution is 7.89. The minimum Gasteiger partial charge on any atom is -0.389 e. The molecular weight excluding hydrogens is 242 g/mol. The largest absolute Gasteiger partial charge is 0.389 e. The van der Waals surface area contributed by atoms with Crippen LogP contribution in [0, 0.1) is 6.92 Å². The average Bonchev–Trinajstić information content (AvgIpc) is 2.58. The van der Waals surface area contributed by atoms with E-state index in [0.29, 0.717) is 12.2 Å². The summed E-state index contributed by atoms with van der Waals surface area (Å²) in [5.41, 5.74) is -1.04. The van der Waals surface area contributed by atoms with Gasteiger partial charge in [0.1, 0.15) is 5.82 Å². The number of imidazole rings is 1. The van der Waals surface area contributed by atoms with Gasteiger partial charge in [-0.1, -0.05) is 6.92 Å². The van der Waals surface area contributed by atoms with E-state index in [0.717, 1.165) is 0 Å². The Kier molecular flexibility index (Phi) is 3.95. The van der Waals surface area contributed by atoms with Crippen LogP contribution in [0.3, 0.4) is 0 Å². The summed E-state index contributed by atoms with van der Waals surface area (Å²) in [6.45, 7) is 5.07. The Balaban J connectivity index is 2.83. The van der Waals surface area contributed by atoms with Crippen LogP contribution in [0.4, 0.5) is 0 Å². The van der Waals surface area contributed by atoms with Crippen molar-refractivity contribution in [3.05, 3.63) is 12.0 Å². The number of hydrogen-bond acceptors (Lipinski definition) is 4. The van der Waals surface area contributed by atoms with Crippen LogP contribution in [-0.4, -0.2) is 35.2 Å². The van der Waals surface area contributed by atoms with Crippen molar-refractivity contribution in [2.75, 3.05) is 6.54 Å². The van der Waals surface area contributed by atoms with Crippen LogP contribution in [-0.2, 0) is 17.1 Å². The molecule has 0 aromatic carbocycles. The van der Waals surface area contributed by atoms with Crippen molar-refractivity contribution >= 4 is 10.0 Å². The lowest BCUT2D eigenvalue weighted by Crippen LogP contribution is -2.40. The summed E-state index contributed by atoms with van der Waals surface area (Å²) < 4.78 is 27.7. The molecular formula is C10H19N3O3S. The van der Waals surface area contributed by atoms with Crippen molar-refractivity contribution in [3.8, 4) is 0 Å². The molecule has 0 saturated heterocycles. The zero-order valence-corrected chi connectivity index (χ0v) is 11.4. The minimum absolute atomic E-state index is 0.0237. The average molecular weight is 261 g/mol. The van der Waals surface area contributed by atoms with Crippen molar-refractivity contribution in [2.45, 2.75) is 37.8 Å². The maximum absolute atomic E-state index is 11.9. The molecule has 0 radical (unpaired) electrons. The number of aryl methyl sites for hydroxylation is 2. The van der Waals surface area contributed by atoms with Gasteiger partial charge in [-0.05, 0) is 20.3 Å². The van der Waals surface area contributed by atoms with Crippen molar-refractivity contribution in [1.29, 1.82) is 0 Å². The maximum Gasteiger partial charge on any atom is 0.259 e. The van der Waals surface area contributed by atoms with Gasteiger partial charge < -0.3 is 9.67 Å². The number of sulfonamides is 1. The summed E-state index contributed by atoms with van der Waals surface area (Å²) >= 11 is 0. The molecule has 0 spiro atoms. The van der Waals surface area contributed by atoms with Crippen LogP contribution in [0.15, 0.2) is 11.2 Å². The molecule has 98 valence electrons. The van der Waals surface area contributed by atoms with E-state index >= 15 is 0 Å². The lowest BCUT2D eigenvalue weighted by atomic mass is 10.1. The quantitative estimate of drug-likeness (QED) is 0.791. The molecule has 1 unspecified atom stereocenters. The first kappa shape index (κ1) is 14.1. The van der Waals surface area contributed by atoms with E-state index in [1.165, 1.54) is 6.20 Å². The van der Waals surface area contributed by atoms with Crippen LogP contribution in [0.25, 0.3) is 0 Å². The van der Waals surface area contributed by atoms with E-state index in [2.05, 4.69) is 9.71 Å². The first-order valence-electron chi connectivity index (χ1n) is 5.40. The predicted octanol–water partition coefficient (Wildman–Crippen LogP) is 0.168. The summed E-state index contributed by atoms with van der Waals surface area (Å²) in [7, 11) is -1.92. The Morgan fingerprint density at radius 1 is 1.59 bits per heavy atom. The Hall–Kier alpha value is -0.920. The van der Waals surface area contributed by atoms with Gasteiger partial charge in [-0.15, -0.1) is 0 Å². The van der Waals surface area contributed by atoms with Crippen molar-refractivity contribution in [1.82, 2.24) is 14.3 Å². The highest BCUT2D eigenvalue weighted by atomic mass is 32.2. The number of nitrogens with one attached hydrogen (secondary N) is 1. The third-order valence-corrected chi connectivity index (χ3v) is 4.04. The van der Waals surface area contributed by atoms with Crippen LogP contribution in [0.2, 0.25) is 0 Å². The van der Waals surface area contributed by atoms with Crippen molar-refractivity contribution in [3.63, 3.8) is 0 Å². The fraction of sp³-hybridized carbons (Fsp3) is 0.700. The van der Waals surface area contributed by atoms with E-state index in [4.69, 9.17) is 0 Å². The second-order valence-corrected chi connectivity index (χ2v) is 6.13. The Morgan fingerprint density at radius 2 is 2.18 bits per heavy atom. The van der Waals surface area contributed by atoms with E-state index in [-0.39, 0.29) is 11.6 Å². The summed E-state index contributed by atoms with van der Waals surface area (Å²) in [6, 6.07) is 0. The maximum atomic E-state index is 11.9. The normalized spacial score (nSPS) is 15.8. The molecule has 1 atom stereocenters. The smallest absolute Gasteiger partial charge is 0.259 e. The Labute approximate surface area is 102 Å². The van der Waals surface area contributed by atoms with E-state index in [1.807, 2.05) is 0 Å². The van der Waals surface area contributed by atoms with E-state index in [9.17, 15) is 13.5 Å². The number of aliphatic hydroxyl groups is 1. The van der Waals surface area contributed by atoms with Crippen molar-refractivity contribution < 1.29 is 13.5 Å². The predicted molar refractivity (Wildman–Crippen MR) is 64.0 cm³/mol. The number of aromatic nitrogens is 2. The fourth-order valence-electron chi connectivity index (χ4n) is 1.11. The number of hydrogen-bond donors (Lipinski definition) is 2. The van der Waals surface area contributed by atoms with Gasteiger partial charge in [-0.25, -0.2) is 18.1 Å². The molecule has 0 aliphatic carbocycles. The molecule has 7 heteroatoms. The summed E-state index contributed by atoms with van der Waals surface area (Å²) in [5.74, 6) is 0.618. The van der Waals surface area contributed by atoms with Gasteiger partial charge >= 0.3 is 0 Å². The summed E-state index contributed by atoms with van der Waals surface area (Å²) in [6.07, 6.45) is 1.91. The SMILES string of the molecule is CCC(C)(O)CNS(=O)(=O)c1cn(C)c(C)n1. The molecule has 1 aromatic heterocycles. The van der Waals surface area contributed by atoms with Gasteiger partial charge in [0.25, 0.3) is 10.0 Å². The second-order valence-electron chi connectivity index (χ2n) is 4.41. The molecule has 1 rings (SSSR count). The monoisotopic (exact) mass is 261 g/mol. The number of nitrogens with zero attached hydrogens (tertiary/aromatic N) is 2. The molecule has 0 aliphatic rings. The Morgan fingerprint density at radius 3 is 2.59 bits per heavy atom. The summed E-state index contributed by atoms with van der Waals surface area (Å²) in [5, 5.41) is 9.72. The number of rotatable bonds is 5. The molecule has 0 bridgehead atoms. The first-order chi connectivity index (χ1) is 7.68. The molecule has 6 nitrogen and oxygen atoms in total. The standard InChI is InChI=1S/C10H19N3O3S/c1-5-10(3,14)7-11-17(15,16)9-6-13(4)8(2)12-9/h6,11,14H,5,7H2,1-4H3. The van der Waals surface area contributed by atoms with Crippen molar-refractivity contribution in [2.24, 2.45) is 7.05 Å². The third kappa shape index (κ3) is 3.52. The minimum atomic E-state index is -3.65. The van der Waals surface area contributed by atoms with Gasteiger partial charge in [0, 0.05) is 19.8 Å². The van der Waals surface area contributed by atoms with Gasteiger partial charge in [-0.2, -0.15) is 0 Å². The molecule has 0 fully saturated rings. The molecule has 1 heterocycles. The molecule has 2 N–H and O–H groups in total. The zero-order valence-electron chi connectivity index (χ0n) is 10.6. The van der Waals surface area contributed by atoms with Crippen LogP contribution in [0.1, 0.15) is 26.1 Å². The van der Waals surface area contributed by atoms with Crippen LogP contribution >= 0.6 is 0 Å². The van der Waals surface area contributed by atoms with E-state index < -0.39 is 15.6 Å². The lowest BCUT2D eigenvalue weighted by Gasteiger charge is -2.20. The molecule has 0 amide bonds. The van der Waals surface area contributed by atoms with E-state index in [1.54, 1.807) is 32.4 Å². The van der Waals surface area contributed by atoms with Crippen LogP contribution < -0.4 is 4.72 Å². The molecule has 0 aliphatic heterocycles. The van der Waals surface area contributed by atoms with Gasteiger partial charge in [-0.3, -0.25) is 0 Å². The van der Waals surface area contributed by atoms with Gasteiger partial charge in [0.15, 0.2) is 5.03 Å². The highest BCUT2D eigenvalue weighted by Crippen LogP contribution is 2.11. The fourth-order valence-corrected chi connectivity index (χ4v) is 2.30. The summed E-state index contributed by atoms with van der Waals surface area (Å²) in [4.78, 5) is 3.94. The molecule has 1 aromatic rings. The highest BCUT2D eigenvalue weighted by Gasteiger charge is 2.24. The lowest BCUT2D eigenvalue weighted by molar-refractivity contribution is 0.0613. The van der Waals surface area contributed by atoms with Gasteiger partial charge in [0.2, 0.25) is 0 Å². The first-order valence-corrected chi connectivity index (χ1v) is 6.88. The molecule has 0 saturated carbocycles. The molecule has 17 heavy (non-hydrogen) atoms. The van der Waals surface area contributed by atoms with Gasteiger partial charge in [0.05, 0.1) is 5.60 Å². The Bertz CT molecular complexity index is 471. The topological polar surface area (TPSA) is 84.2 Å². The second kappa shape index (κ2) is 4.75. The third-order valence-electron chi connectivity index (χ3n) is 2.77.